The molecule has 1 aromatic carbocycles. The van der Waals surface area contributed by atoms with Gasteiger partial charge in [-0.1, -0.05) is 18.2 Å². The highest BCUT2D eigenvalue weighted by Crippen LogP contribution is 2.45. The Hall–Kier alpha value is -0.870. The summed E-state index contributed by atoms with van der Waals surface area (Å²) in [5.74, 6) is 1.07. The van der Waals surface area contributed by atoms with Crippen LogP contribution < -0.4 is 0 Å². The summed E-state index contributed by atoms with van der Waals surface area (Å²) in [5, 5.41) is 1.02. The maximum absolute atomic E-state index is 14.0. The van der Waals surface area contributed by atoms with Gasteiger partial charge in [0, 0.05) is 17.2 Å². The van der Waals surface area contributed by atoms with Gasteiger partial charge in [0.15, 0.2) is 0 Å². The lowest BCUT2D eigenvalue weighted by Crippen LogP contribution is -2.38. The summed E-state index contributed by atoms with van der Waals surface area (Å²) in [5.41, 5.74) is 0.197. The summed E-state index contributed by atoms with van der Waals surface area (Å²) < 4.78 is 19.6. The van der Waals surface area contributed by atoms with E-state index in [1.165, 1.54) is 6.07 Å². The maximum Gasteiger partial charge on any atom is 0.128 e. The summed E-state index contributed by atoms with van der Waals surface area (Å²) in [6.45, 7) is 3.16. The van der Waals surface area contributed by atoms with Crippen LogP contribution >= 0.6 is 11.8 Å². The fourth-order valence-electron chi connectivity index (χ4n) is 2.63. The molecule has 0 amide bonds. The van der Waals surface area contributed by atoms with Crippen molar-refractivity contribution >= 4 is 16.8 Å². The zero-order chi connectivity index (χ0) is 11.9. The molecule has 0 aliphatic carbocycles. The molecule has 3 rings (SSSR count). The Labute approximate surface area is 104 Å². The Morgan fingerprint density at radius 2 is 2.29 bits per heavy atom. The molecule has 1 unspecified atom stereocenters. The Balaban J connectivity index is 2.15. The van der Waals surface area contributed by atoms with Crippen molar-refractivity contribution in [2.45, 2.75) is 12.5 Å². The van der Waals surface area contributed by atoms with Gasteiger partial charge in [0.2, 0.25) is 0 Å². The Bertz CT molecular complexity index is 476. The van der Waals surface area contributed by atoms with Gasteiger partial charge in [0.05, 0.1) is 18.3 Å². The molecule has 0 N–H and O–H groups in total. The van der Waals surface area contributed by atoms with E-state index >= 15 is 0 Å². The van der Waals surface area contributed by atoms with Gasteiger partial charge in [0.1, 0.15) is 11.4 Å². The molecular weight excluding hydrogens is 237 g/mol. The zero-order valence-electron chi connectivity index (χ0n) is 9.65. The fourth-order valence-corrected chi connectivity index (χ4v) is 3.67. The van der Waals surface area contributed by atoms with Gasteiger partial charge in [-0.15, -0.1) is 11.8 Å². The molecule has 1 aromatic rings. The van der Waals surface area contributed by atoms with Crippen LogP contribution in [0.15, 0.2) is 29.3 Å². The molecule has 2 nitrogen and oxygen atoms in total. The first kappa shape index (κ1) is 11.2. The standard InChI is InChI=1S/C13H14FNOS/c1-9-15-13(8-16-6-10(13)7-17-9)11-4-2-3-5-12(11)14/h2-5,10H,6-8H2,1H3/t10?,13-/m0/s1. The van der Waals surface area contributed by atoms with Crippen molar-refractivity contribution in [3.05, 3.63) is 35.6 Å². The number of halogens is 1. The number of hydrogen-bond donors (Lipinski definition) is 0. The van der Waals surface area contributed by atoms with Crippen LogP contribution in [0.2, 0.25) is 0 Å². The van der Waals surface area contributed by atoms with Crippen LogP contribution in [0.25, 0.3) is 0 Å². The van der Waals surface area contributed by atoms with E-state index in [1.807, 2.05) is 19.1 Å². The van der Waals surface area contributed by atoms with Crippen LogP contribution in [0.3, 0.4) is 0 Å². The van der Waals surface area contributed by atoms with Crippen LogP contribution in [-0.2, 0) is 10.3 Å². The summed E-state index contributed by atoms with van der Waals surface area (Å²) >= 11 is 1.74. The molecule has 0 saturated carbocycles. The van der Waals surface area contributed by atoms with Gasteiger partial charge in [-0.25, -0.2) is 4.39 Å². The van der Waals surface area contributed by atoms with Crippen molar-refractivity contribution in [2.75, 3.05) is 19.0 Å². The molecule has 0 spiro atoms. The summed E-state index contributed by atoms with van der Waals surface area (Å²) in [6.07, 6.45) is 0. The SMILES string of the molecule is CC1=N[C@@]2(c3ccccc3F)COCC2CS1. The summed E-state index contributed by atoms with van der Waals surface area (Å²) in [4.78, 5) is 4.72. The molecule has 0 bridgehead atoms. The van der Waals surface area contributed by atoms with Gasteiger partial charge in [-0.2, -0.15) is 0 Å². The van der Waals surface area contributed by atoms with E-state index in [2.05, 4.69) is 0 Å². The molecule has 2 atom stereocenters. The van der Waals surface area contributed by atoms with Gasteiger partial charge in [-0.05, 0) is 13.0 Å². The average Bonchev–Trinajstić information content (AvgIpc) is 2.73. The molecular formula is C13H14FNOS. The second kappa shape index (κ2) is 4.10. The topological polar surface area (TPSA) is 21.6 Å². The van der Waals surface area contributed by atoms with Crippen LogP contribution in [-0.4, -0.2) is 24.0 Å². The third kappa shape index (κ3) is 1.70. The minimum absolute atomic E-state index is 0.175. The second-order valence-electron chi connectivity index (χ2n) is 4.56. The smallest absolute Gasteiger partial charge is 0.128 e. The Morgan fingerprint density at radius 1 is 1.47 bits per heavy atom. The van der Waals surface area contributed by atoms with Gasteiger partial charge in [-0.3, -0.25) is 4.99 Å². The number of ether oxygens (including phenoxy) is 1. The Kier molecular flexibility index (Phi) is 2.71. The normalized spacial score (nSPS) is 32.1. The third-order valence-corrected chi connectivity index (χ3v) is 4.59. The monoisotopic (exact) mass is 251 g/mol. The number of nitrogens with zero attached hydrogens (tertiary/aromatic N) is 1. The first-order valence-electron chi connectivity index (χ1n) is 5.74. The highest BCUT2D eigenvalue weighted by Gasteiger charge is 2.48. The van der Waals surface area contributed by atoms with Crippen LogP contribution in [0.5, 0.6) is 0 Å². The molecule has 90 valence electrons. The van der Waals surface area contributed by atoms with E-state index in [0.29, 0.717) is 18.8 Å². The Morgan fingerprint density at radius 3 is 3.12 bits per heavy atom. The van der Waals surface area contributed by atoms with Crippen LogP contribution in [0.4, 0.5) is 4.39 Å². The lowest BCUT2D eigenvalue weighted by molar-refractivity contribution is 0.176. The minimum Gasteiger partial charge on any atom is -0.378 e. The number of rotatable bonds is 1. The van der Waals surface area contributed by atoms with Gasteiger partial charge < -0.3 is 4.74 Å². The van der Waals surface area contributed by atoms with E-state index < -0.39 is 5.54 Å². The first-order valence-corrected chi connectivity index (χ1v) is 6.73. The second-order valence-corrected chi connectivity index (χ2v) is 5.77. The number of hydrogen-bond acceptors (Lipinski definition) is 3. The summed E-state index contributed by atoms with van der Waals surface area (Å²) in [6, 6.07) is 6.93. The maximum atomic E-state index is 14.0. The summed E-state index contributed by atoms with van der Waals surface area (Å²) in [7, 11) is 0. The van der Waals surface area contributed by atoms with Crippen molar-refractivity contribution < 1.29 is 9.13 Å². The third-order valence-electron chi connectivity index (χ3n) is 3.51. The molecule has 1 saturated heterocycles. The number of benzene rings is 1. The van der Waals surface area contributed by atoms with Crippen molar-refractivity contribution in [1.82, 2.24) is 0 Å². The quantitative estimate of drug-likeness (QED) is 0.765. The van der Waals surface area contributed by atoms with Gasteiger partial charge >= 0.3 is 0 Å². The van der Waals surface area contributed by atoms with Crippen molar-refractivity contribution in [3.8, 4) is 0 Å². The highest BCUT2D eigenvalue weighted by atomic mass is 32.2. The highest BCUT2D eigenvalue weighted by molar-refractivity contribution is 8.13. The predicted molar refractivity (Wildman–Crippen MR) is 68.0 cm³/mol. The molecule has 4 heteroatoms. The van der Waals surface area contributed by atoms with E-state index in [1.54, 1.807) is 17.8 Å². The molecule has 17 heavy (non-hydrogen) atoms. The van der Waals surface area contributed by atoms with E-state index in [9.17, 15) is 4.39 Å². The molecule has 1 fully saturated rings. The van der Waals surface area contributed by atoms with E-state index in [-0.39, 0.29) is 11.7 Å². The predicted octanol–water partition coefficient (Wildman–Crippen LogP) is 2.83. The largest absolute Gasteiger partial charge is 0.378 e. The van der Waals surface area contributed by atoms with E-state index in [4.69, 9.17) is 9.73 Å². The lowest BCUT2D eigenvalue weighted by atomic mass is 9.81. The van der Waals surface area contributed by atoms with Crippen molar-refractivity contribution in [1.29, 1.82) is 0 Å². The number of thioether (sulfide) groups is 1. The van der Waals surface area contributed by atoms with Crippen LogP contribution in [0.1, 0.15) is 12.5 Å². The molecule has 0 aromatic heterocycles. The number of aliphatic imine (C=N–C) groups is 1. The van der Waals surface area contributed by atoms with E-state index in [0.717, 1.165) is 10.8 Å². The molecule has 2 aliphatic heterocycles. The molecule has 0 radical (unpaired) electrons. The van der Waals surface area contributed by atoms with Crippen molar-refractivity contribution in [2.24, 2.45) is 10.9 Å². The minimum atomic E-state index is -0.485. The van der Waals surface area contributed by atoms with Crippen LogP contribution in [0, 0.1) is 11.7 Å². The van der Waals surface area contributed by atoms with Crippen molar-refractivity contribution in [3.63, 3.8) is 0 Å². The fraction of sp³-hybridized carbons (Fsp3) is 0.462. The number of fused-ring (bicyclic) bond motifs is 1. The van der Waals surface area contributed by atoms with Gasteiger partial charge in [0.25, 0.3) is 0 Å². The zero-order valence-corrected chi connectivity index (χ0v) is 10.5. The average molecular weight is 251 g/mol. The first-order chi connectivity index (χ1) is 8.22. The molecule has 2 aliphatic rings. The molecule has 2 heterocycles. The lowest BCUT2D eigenvalue weighted by Gasteiger charge is -2.34.